The van der Waals surface area contributed by atoms with Gasteiger partial charge in [0.1, 0.15) is 11.5 Å². The van der Waals surface area contributed by atoms with Crippen molar-refractivity contribution in [2.75, 3.05) is 6.61 Å². The molecule has 0 amide bonds. The second kappa shape index (κ2) is 8.60. The lowest BCUT2D eigenvalue weighted by atomic mass is 9.89. The molecule has 0 atom stereocenters. The third kappa shape index (κ3) is 3.71. The van der Waals surface area contributed by atoms with E-state index in [2.05, 4.69) is 31.9 Å². The maximum atomic E-state index is 12.3. The number of halogens is 2. The van der Waals surface area contributed by atoms with Gasteiger partial charge in [-0.15, -0.1) is 0 Å². The van der Waals surface area contributed by atoms with Gasteiger partial charge in [-0.2, -0.15) is 0 Å². The number of ether oxygens (including phenoxy) is 3. The second-order valence-electron chi connectivity index (χ2n) is 8.34. The van der Waals surface area contributed by atoms with Crippen molar-refractivity contribution in [1.82, 2.24) is 0 Å². The summed E-state index contributed by atoms with van der Waals surface area (Å²) in [5.41, 5.74) is 0. The number of hydrogen-bond acceptors (Lipinski definition) is 5. The monoisotopic (exact) mass is 584 g/mol. The van der Waals surface area contributed by atoms with Crippen molar-refractivity contribution in [3.63, 3.8) is 0 Å². The number of fused-ring (bicyclic) bond motifs is 2. The van der Waals surface area contributed by atoms with Crippen molar-refractivity contribution in [2.24, 2.45) is 5.92 Å². The van der Waals surface area contributed by atoms with E-state index in [0.29, 0.717) is 11.1 Å². The van der Waals surface area contributed by atoms with Gasteiger partial charge in [0.2, 0.25) is 0 Å². The van der Waals surface area contributed by atoms with Gasteiger partial charge in [0.25, 0.3) is 0 Å². The molecule has 8 heteroatoms. The molecular formula is C26H18Br2O6. The molecule has 0 heterocycles. The summed E-state index contributed by atoms with van der Waals surface area (Å²) in [5.74, 6) is 0.843. The van der Waals surface area contributed by atoms with Gasteiger partial charge in [0.05, 0.1) is 6.61 Å². The first-order chi connectivity index (χ1) is 16.3. The standard InChI is InChI=1S/C26H18Br2O6/c1-12(2)11-32-26(31)34-20-10-6-16-13-3-7-17(27)23-19(33-25(29)30)9-5-15(21(13)23)14-4-8-18(28)24(20)22(14)16/h3-10,12H,11H2,1-2H3,(H,29,30). The zero-order chi connectivity index (χ0) is 24.1. The number of benzene rings is 5. The Labute approximate surface area is 211 Å². The van der Waals surface area contributed by atoms with Crippen molar-refractivity contribution >= 4 is 87.3 Å². The second-order valence-corrected chi connectivity index (χ2v) is 10.0. The fourth-order valence-corrected chi connectivity index (χ4v) is 5.41. The molecule has 0 bridgehead atoms. The number of carbonyl (C=O) groups excluding carboxylic acids is 1. The minimum Gasteiger partial charge on any atom is -0.449 e. The lowest BCUT2D eigenvalue weighted by Gasteiger charge is -2.18. The molecule has 0 fully saturated rings. The molecule has 0 radical (unpaired) electrons. The fraction of sp³-hybridized carbons (Fsp3) is 0.154. The Kier molecular flexibility index (Phi) is 5.73. The summed E-state index contributed by atoms with van der Waals surface area (Å²) in [6, 6.07) is 14.9. The van der Waals surface area contributed by atoms with E-state index in [1.54, 1.807) is 12.1 Å². The molecular weight excluding hydrogens is 568 g/mol. The van der Waals surface area contributed by atoms with Crippen molar-refractivity contribution in [1.29, 1.82) is 0 Å². The van der Waals surface area contributed by atoms with E-state index < -0.39 is 12.3 Å². The van der Waals surface area contributed by atoms with Crippen LogP contribution in [0, 0.1) is 5.92 Å². The van der Waals surface area contributed by atoms with E-state index in [-0.39, 0.29) is 18.3 Å². The lowest BCUT2D eigenvalue weighted by molar-refractivity contribution is 0.0890. The highest BCUT2D eigenvalue weighted by molar-refractivity contribution is 9.11. The van der Waals surface area contributed by atoms with Gasteiger partial charge in [-0.25, -0.2) is 9.59 Å². The van der Waals surface area contributed by atoms with Gasteiger partial charge in [-0.05, 0) is 63.9 Å². The van der Waals surface area contributed by atoms with Crippen LogP contribution < -0.4 is 9.47 Å². The van der Waals surface area contributed by atoms with Crippen LogP contribution in [-0.4, -0.2) is 24.0 Å². The summed E-state index contributed by atoms with van der Waals surface area (Å²) in [5, 5.41) is 16.2. The van der Waals surface area contributed by atoms with Crippen LogP contribution in [0.5, 0.6) is 11.5 Å². The first kappa shape index (κ1) is 22.7. The predicted molar refractivity (Wildman–Crippen MR) is 139 cm³/mol. The zero-order valence-corrected chi connectivity index (χ0v) is 21.3. The van der Waals surface area contributed by atoms with Crippen LogP contribution >= 0.6 is 31.9 Å². The summed E-state index contributed by atoms with van der Waals surface area (Å²) in [6.07, 6.45) is -2.13. The lowest BCUT2D eigenvalue weighted by Crippen LogP contribution is -2.14. The van der Waals surface area contributed by atoms with Crippen LogP contribution in [-0.2, 0) is 4.74 Å². The molecule has 0 aromatic heterocycles. The predicted octanol–water partition coefficient (Wildman–Crippen LogP) is 8.49. The molecule has 0 saturated heterocycles. The molecule has 1 N–H and O–H groups in total. The number of rotatable bonds is 4. The molecule has 0 aliphatic rings. The first-order valence-corrected chi connectivity index (χ1v) is 12.1. The van der Waals surface area contributed by atoms with Crippen LogP contribution in [0.25, 0.3) is 43.1 Å². The zero-order valence-electron chi connectivity index (χ0n) is 18.1. The average molecular weight is 586 g/mol. The maximum absolute atomic E-state index is 12.3. The fourth-order valence-electron chi connectivity index (χ4n) is 4.36. The summed E-state index contributed by atoms with van der Waals surface area (Å²) < 4.78 is 17.4. The van der Waals surface area contributed by atoms with E-state index in [0.717, 1.165) is 46.6 Å². The molecule has 0 aliphatic carbocycles. The quantitative estimate of drug-likeness (QED) is 0.0985. The Morgan fingerprint density at radius 2 is 1.18 bits per heavy atom. The Hall–Kier alpha value is -3.10. The van der Waals surface area contributed by atoms with Crippen molar-refractivity contribution in [2.45, 2.75) is 13.8 Å². The molecule has 0 saturated carbocycles. The molecule has 0 spiro atoms. The maximum Gasteiger partial charge on any atom is 0.513 e. The molecule has 0 aliphatic heterocycles. The Morgan fingerprint density at radius 3 is 1.62 bits per heavy atom. The van der Waals surface area contributed by atoms with Gasteiger partial charge < -0.3 is 19.3 Å². The summed E-state index contributed by atoms with van der Waals surface area (Å²) in [6.45, 7) is 4.18. The number of hydrogen-bond donors (Lipinski definition) is 1. The van der Waals surface area contributed by atoms with Gasteiger partial charge in [0, 0.05) is 30.5 Å². The third-order valence-electron chi connectivity index (χ3n) is 5.65. The third-order valence-corrected chi connectivity index (χ3v) is 6.97. The van der Waals surface area contributed by atoms with Crippen LogP contribution in [0.2, 0.25) is 0 Å². The van der Waals surface area contributed by atoms with E-state index in [1.807, 2.05) is 50.2 Å². The topological polar surface area (TPSA) is 82.1 Å². The Morgan fingerprint density at radius 1 is 0.735 bits per heavy atom. The summed E-state index contributed by atoms with van der Waals surface area (Å²) in [4.78, 5) is 23.6. The van der Waals surface area contributed by atoms with E-state index in [1.165, 1.54) is 0 Å². The van der Waals surface area contributed by atoms with Gasteiger partial charge >= 0.3 is 12.3 Å². The highest BCUT2D eigenvalue weighted by atomic mass is 79.9. The van der Waals surface area contributed by atoms with Crippen LogP contribution in [0.3, 0.4) is 0 Å². The Balaban J connectivity index is 1.82. The average Bonchev–Trinajstić information content (AvgIpc) is 2.78. The van der Waals surface area contributed by atoms with Crippen LogP contribution in [0.4, 0.5) is 9.59 Å². The number of carbonyl (C=O) groups is 2. The normalized spacial score (nSPS) is 11.7. The van der Waals surface area contributed by atoms with E-state index in [4.69, 9.17) is 14.2 Å². The highest BCUT2D eigenvalue weighted by Gasteiger charge is 2.21. The van der Waals surface area contributed by atoms with Crippen LogP contribution in [0.15, 0.2) is 57.5 Å². The van der Waals surface area contributed by atoms with Crippen molar-refractivity contribution in [3.05, 3.63) is 57.5 Å². The van der Waals surface area contributed by atoms with Gasteiger partial charge in [-0.1, -0.05) is 57.8 Å². The van der Waals surface area contributed by atoms with Crippen LogP contribution in [0.1, 0.15) is 13.8 Å². The minimum atomic E-state index is -1.37. The molecule has 6 nitrogen and oxygen atoms in total. The number of carboxylic acid groups (broad SMARTS) is 1. The SMILES string of the molecule is CC(C)COC(=O)Oc1ccc2c3ccc(Br)c4c(OC(=O)O)ccc(c5ccc(Br)c1c52)c43. The summed E-state index contributed by atoms with van der Waals surface area (Å²) >= 11 is 7.18. The highest BCUT2D eigenvalue weighted by Crippen LogP contribution is 2.48. The molecule has 5 aromatic rings. The van der Waals surface area contributed by atoms with Gasteiger partial charge in [-0.3, -0.25) is 0 Å². The summed E-state index contributed by atoms with van der Waals surface area (Å²) in [7, 11) is 0. The minimum absolute atomic E-state index is 0.196. The molecule has 5 aromatic carbocycles. The Bertz CT molecular complexity index is 1590. The van der Waals surface area contributed by atoms with E-state index in [9.17, 15) is 14.7 Å². The first-order valence-electron chi connectivity index (χ1n) is 10.5. The largest absolute Gasteiger partial charge is 0.513 e. The molecule has 34 heavy (non-hydrogen) atoms. The van der Waals surface area contributed by atoms with E-state index >= 15 is 0 Å². The molecule has 172 valence electrons. The van der Waals surface area contributed by atoms with Crippen molar-refractivity contribution in [3.8, 4) is 11.5 Å². The smallest absolute Gasteiger partial charge is 0.449 e. The van der Waals surface area contributed by atoms with Gasteiger partial charge in [0.15, 0.2) is 0 Å². The molecule has 5 rings (SSSR count). The molecule has 0 unspecified atom stereocenters. The van der Waals surface area contributed by atoms with Crippen molar-refractivity contribution < 1.29 is 28.9 Å².